The molecular formula is C17H22N4. The normalized spacial score (nSPS) is 16.8. The molecule has 21 heavy (non-hydrogen) atoms. The van der Waals surface area contributed by atoms with Gasteiger partial charge in [-0.2, -0.15) is 0 Å². The first-order valence-corrected chi connectivity index (χ1v) is 7.69. The van der Waals surface area contributed by atoms with Crippen LogP contribution in [0.15, 0.2) is 48.9 Å². The SMILES string of the molecule is c1ccc(CCN2CCC(Nc3ccncn3)CC2)cc1. The van der Waals surface area contributed by atoms with Gasteiger partial charge in [0.15, 0.2) is 0 Å². The molecule has 1 aliphatic heterocycles. The molecular weight excluding hydrogens is 260 g/mol. The average molecular weight is 282 g/mol. The molecule has 110 valence electrons. The predicted octanol–water partition coefficient (Wildman–Crippen LogP) is 2.60. The fraction of sp³-hybridized carbons (Fsp3) is 0.412. The minimum Gasteiger partial charge on any atom is -0.367 e. The summed E-state index contributed by atoms with van der Waals surface area (Å²) < 4.78 is 0. The van der Waals surface area contributed by atoms with E-state index in [0.29, 0.717) is 6.04 Å². The van der Waals surface area contributed by atoms with Crippen LogP contribution in [0.3, 0.4) is 0 Å². The van der Waals surface area contributed by atoms with Gasteiger partial charge in [0, 0.05) is 31.9 Å². The van der Waals surface area contributed by atoms with Crippen molar-refractivity contribution in [1.29, 1.82) is 0 Å². The Morgan fingerprint density at radius 1 is 1.10 bits per heavy atom. The van der Waals surface area contributed by atoms with Gasteiger partial charge < -0.3 is 10.2 Å². The van der Waals surface area contributed by atoms with E-state index in [9.17, 15) is 0 Å². The van der Waals surface area contributed by atoms with Gasteiger partial charge in [-0.15, -0.1) is 0 Å². The molecule has 1 aromatic heterocycles. The number of piperidine rings is 1. The smallest absolute Gasteiger partial charge is 0.129 e. The molecule has 4 nitrogen and oxygen atoms in total. The summed E-state index contributed by atoms with van der Waals surface area (Å²) in [5.41, 5.74) is 1.43. The lowest BCUT2D eigenvalue weighted by Gasteiger charge is -2.32. The monoisotopic (exact) mass is 282 g/mol. The fourth-order valence-electron chi connectivity index (χ4n) is 2.82. The summed E-state index contributed by atoms with van der Waals surface area (Å²) in [7, 11) is 0. The molecule has 1 aromatic carbocycles. The van der Waals surface area contributed by atoms with Crippen molar-refractivity contribution >= 4 is 5.82 Å². The van der Waals surface area contributed by atoms with Gasteiger partial charge in [0.1, 0.15) is 12.1 Å². The summed E-state index contributed by atoms with van der Waals surface area (Å²) in [5.74, 6) is 0.938. The van der Waals surface area contributed by atoms with Crippen LogP contribution < -0.4 is 5.32 Å². The molecule has 1 saturated heterocycles. The Bertz CT molecular complexity index is 521. The molecule has 0 bridgehead atoms. The minimum absolute atomic E-state index is 0.535. The molecule has 0 atom stereocenters. The molecule has 0 unspecified atom stereocenters. The van der Waals surface area contributed by atoms with E-state index in [-0.39, 0.29) is 0 Å². The van der Waals surface area contributed by atoms with E-state index < -0.39 is 0 Å². The van der Waals surface area contributed by atoms with Crippen LogP contribution in [0.25, 0.3) is 0 Å². The molecule has 2 heterocycles. The largest absolute Gasteiger partial charge is 0.367 e. The summed E-state index contributed by atoms with van der Waals surface area (Å²) >= 11 is 0. The second kappa shape index (κ2) is 7.18. The molecule has 4 heteroatoms. The third kappa shape index (κ3) is 4.26. The second-order valence-corrected chi connectivity index (χ2v) is 5.59. The highest BCUT2D eigenvalue weighted by Crippen LogP contribution is 2.15. The lowest BCUT2D eigenvalue weighted by molar-refractivity contribution is 0.221. The third-order valence-electron chi connectivity index (χ3n) is 4.08. The lowest BCUT2D eigenvalue weighted by Crippen LogP contribution is -2.40. The molecule has 0 radical (unpaired) electrons. The maximum Gasteiger partial charge on any atom is 0.129 e. The quantitative estimate of drug-likeness (QED) is 0.915. The molecule has 0 aliphatic carbocycles. The molecule has 3 rings (SSSR count). The second-order valence-electron chi connectivity index (χ2n) is 5.59. The van der Waals surface area contributed by atoms with E-state index >= 15 is 0 Å². The van der Waals surface area contributed by atoms with Crippen LogP contribution in [0.2, 0.25) is 0 Å². The Kier molecular flexibility index (Phi) is 4.79. The van der Waals surface area contributed by atoms with E-state index in [1.54, 1.807) is 12.5 Å². The van der Waals surface area contributed by atoms with Crippen molar-refractivity contribution in [1.82, 2.24) is 14.9 Å². The zero-order valence-electron chi connectivity index (χ0n) is 12.3. The standard InChI is InChI=1S/C17H22N4/c1-2-4-15(5-3-1)7-11-21-12-8-16(9-13-21)20-17-6-10-18-14-19-17/h1-6,10,14,16H,7-9,11-13H2,(H,18,19,20). The predicted molar refractivity (Wildman–Crippen MR) is 85.3 cm³/mol. The number of aromatic nitrogens is 2. The first-order valence-electron chi connectivity index (χ1n) is 7.69. The number of nitrogens with zero attached hydrogens (tertiary/aromatic N) is 3. The molecule has 1 aliphatic rings. The zero-order chi connectivity index (χ0) is 14.3. The van der Waals surface area contributed by atoms with Gasteiger partial charge in [-0.25, -0.2) is 9.97 Å². The van der Waals surface area contributed by atoms with Crippen LogP contribution in [-0.2, 0) is 6.42 Å². The number of rotatable bonds is 5. The van der Waals surface area contributed by atoms with Crippen molar-refractivity contribution in [3.8, 4) is 0 Å². The van der Waals surface area contributed by atoms with Gasteiger partial charge in [-0.3, -0.25) is 0 Å². The molecule has 1 N–H and O–H groups in total. The van der Waals surface area contributed by atoms with E-state index in [1.807, 2.05) is 6.07 Å². The van der Waals surface area contributed by atoms with Crippen molar-refractivity contribution in [2.75, 3.05) is 25.0 Å². The Morgan fingerprint density at radius 3 is 2.62 bits per heavy atom. The van der Waals surface area contributed by atoms with Crippen LogP contribution in [0.4, 0.5) is 5.82 Å². The third-order valence-corrected chi connectivity index (χ3v) is 4.08. The number of hydrogen-bond acceptors (Lipinski definition) is 4. The lowest BCUT2D eigenvalue weighted by atomic mass is 10.0. The molecule has 0 saturated carbocycles. The van der Waals surface area contributed by atoms with Crippen LogP contribution in [0, 0.1) is 0 Å². The number of nitrogens with one attached hydrogen (secondary N) is 1. The highest BCUT2D eigenvalue weighted by Gasteiger charge is 2.18. The van der Waals surface area contributed by atoms with E-state index in [0.717, 1.165) is 31.9 Å². The van der Waals surface area contributed by atoms with E-state index in [2.05, 4.69) is 50.5 Å². The number of benzene rings is 1. The van der Waals surface area contributed by atoms with E-state index in [4.69, 9.17) is 0 Å². The summed E-state index contributed by atoms with van der Waals surface area (Å²) in [6, 6.07) is 13.2. The van der Waals surface area contributed by atoms with Crippen molar-refractivity contribution in [3.05, 3.63) is 54.5 Å². The van der Waals surface area contributed by atoms with Crippen molar-refractivity contribution in [2.24, 2.45) is 0 Å². The van der Waals surface area contributed by atoms with Gasteiger partial charge in [-0.1, -0.05) is 30.3 Å². The Morgan fingerprint density at radius 2 is 1.90 bits per heavy atom. The van der Waals surface area contributed by atoms with Gasteiger partial charge in [0.2, 0.25) is 0 Å². The highest BCUT2D eigenvalue weighted by molar-refractivity contribution is 5.33. The Hall–Kier alpha value is -1.94. The fourth-order valence-corrected chi connectivity index (χ4v) is 2.82. The number of hydrogen-bond donors (Lipinski definition) is 1. The van der Waals surface area contributed by atoms with Crippen LogP contribution in [0.5, 0.6) is 0 Å². The first-order chi connectivity index (χ1) is 10.4. The number of likely N-dealkylation sites (tertiary alicyclic amines) is 1. The molecule has 0 spiro atoms. The average Bonchev–Trinajstić information content (AvgIpc) is 2.56. The van der Waals surface area contributed by atoms with Crippen LogP contribution in [-0.4, -0.2) is 40.5 Å². The molecule has 2 aromatic rings. The summed E-state index contributed by atoms with van der Waals surface area (Å²) in [4.78, 5) is 10.7. The molecule has 1 fully saturated rings. The maximum absolute atomic E-state index is 4.23. The first kappa shape index (κ1) is 14.0. The Labute approximate surface area is 126 Å². The summed E-state index contributed by atoms with van der Waals surface area (Å²) in [6.45, 7) is 3.48. The van der Waals surface area contributed by atoms with Crippen molar-refractivity contribution in [3.63, 3.8) is 0 Å². The summed E-state index contributed by atoms with van der Waals surface area (Å²) in [6.07, 6.45) is 6.88. The molecule has 0 amide bonds. The van der Waals surface area contributed by atoms with Crippen LogP contribution in [0.1, 0.15) is 18.4 Å². The zero-order valence-corrected chi connectivity index (χ0v) is 12.3. The summed E-state index contributed by atoms with van der Waals surface area (Å²) in [5, 5.41) is 3.50. The van der Waals surface area contributed by atoms with Crippen LogP contribution >= 0.6 is 0 Å². The van der Waals surface area contributed by atoms with Gasteiger partial charge in [-0.05, 0) is 30.9 Å². The van der Waals surface area contributed by atoms with E-state index in [1.165, 1.54) is 18.4 Å². The van der Waals surface area contributed by atoms with Crippen molar-refractivity contribution in [2.45, 2.75) is 25.3 Å². The van der Waals surface area contributed by atoms with Crippen molar-refractivity contribution < 1.29 is 0 Å². The van der Waals surface area contributed by atoms with Gasteiger partial charge >= 0.3 is 0 Å². The Balaban J connectivity index is 1.41. The minimum atomic E-state index is 0.535. The number of anilines is 1. The topological polar surface area (TPSA) is 41.0 Å². The van der Waals surface area contributed by atoms with Gasteiger partial charge in [0.25, 0.3) is 0 Å². The van der Waals surface area contributed by atoms with Gasteiger partial charge in [0.05, 0.1) is 0 Å². The maximum atomic E-state index is 4.23. The highest BCUT2D eigenvalue weighted by atomic mass is 15.1.